The summed E-state index contributed by atoms with van der Waals surface area (Å²) < 4.78 is 0. The molecule has 0 aromatic carbocycles. The van der Waals surface area contributed by atoms with Gasteiger partial charge in [-0.15, -0.1) is 24.6 Å². The van der Waals surface area contributed by atoms with Gasteiger partial charge >= 0.3 is 0 Å². The quantitative estimate of drug-likeness (QED) is 0.370. The molecule has 132 valence electrons. The summed E-state index contributed by atoms with van der Waals surface area (Å²) in [5, 5.41) is 4.08. The predicted molar refractivity (Wildman–Crippen MR) is 122 cm³/mol. The lowest BCUT2D eigenvalue weighted by Crippen LogP contribution is -1.81. The number of rotatable bonds is 6. The van der Waals surface area contributed by atoms with Gasteiger partial charge in [-0.2, -0.15) is 0 Å². The summed E-state index contributed by atoms with van der Waals surface area (Å²) in [6.07, 6.45) is 41.0. The molecule has 0 aromatic rings. The zero-order chi connectivity index (χ0) is 19.2. The minimum atomic E-state index is 0.799. The van der Waals surface area contributed by atoms with Gasteiger partial charge in [0.05, 0.1) is 0 Å². The molecule has 2 rings (SSSR count). The summed E-state index contributed by atoms with van der Waals surface area (Å²) in [7, 11) is 0. The normalized spacial score (nSPS) is 17.4. The lowest BCUT2D eigenvalue weighted by Gasteiger charge is -1.98. The van der Waals surface area contributed by atoms with Crippen LogP contribution in [0.25, 0.3) is 0 Å². The van der Waals surface area contributed by atoms with Gasteiger partial charge in [0.25, 0.3) is 0 Å². The molecule has 0 fully saturated rings. The Bertz CT molecular complexity index is 828. The van der Waals surface area contributed by atoms with Crippen LogP contribution in [0, 0.1) is 24.7 Å². The number of allylic oxidation sites excluding steroid dienone is 18. The molecule has 0 bridgehead atoms. The minimum absolute atomic E-state index is 0.799. The molecule has 0 N–H and O–H groups in total. The van der Waals surface area contributed by atoms with Gasteiger partial charge in [-0.3, -0.25) is 0 Å². The molecule has 0 saturated carbocycles. The average Bonchev–Trinajstić information content (AvgIpc) is 3.06. The largest absolute Gasteiger partial charge is 0.115 e. The van der Waals surface area contributed by atoms with Crippen molar-refractivity contribution in [3.8, 4) is 24.7 Å². The van der Waals surface area contributed by atoms with Crippen LogP contribution < -0.4 is 0 Å². The van der Waals surface area contributed by atoms with Gasteiger partial charge in [0, 0.05) is 24.0 Å². The molecule has 0 amide bonds. The number of thioether (sulfide) groups is 1. The Balaban J connectivity index is 1.75. The van der Waals surface area contributed by atoms with Crippen LogP contribution in [0.4, 0.5) is 0 Å². The zero-order valence-electron chi connectivity index (χ0n) is 15.2. The fourth-order valence-electron chi connectivity index (χ4n) is 2.39. The van der Waals surface area contributed by atoms with Gasteiger partial charge in [0.15, 0.2) is 0 Å². The first kappa shape index (κ1) is 20.2. The second kappa shape index (κ2) is 12.3. The Morgan fingerprint density at radius 3 is 1.56 bits per heavy atom. The van der Waals surface area contributed by atoms with Crippen LogP contribution >= 0.6 is 11.8 Å². The minimum Gasteiger partial charge on any atom is -0.115 e. The van der Waals surface area contributed by atoms with E-state index in [1.807, 2.05) is 71.6 Å². The van der Waals surface area contributed by atoms with Crippen molar-refractivity contribution in [3.05, 3.63) is 118 Å². The summed E-state index contributed by atoms with van der Waals surface area (Å²) in [5.41, 5.74) is 4.40. The van der Waals surface area contributed by atoms with E-state index in [0.29, 0.717) is 0 Å². The van der Waals surface area contributed by atoms with E-state index in [0.717, 1.165) is 24.0 Å². The summed E-state index contributed by atoms with van der Waals surface area (Å²) in [6.45, 7) is 0. The van der Waals surface area contributed by atoms with Crippen LogP contribution in [0.1, 0.15) is 12.8 Å². The molecule has 2 aliphatic rings. The fourth-order valence-corrected chi connectivity index (χ4v) is 2.84. The molecule has 1 heteroatoms. The molecule has 0 saturated heterocycles. The zero-order valence-corrected chi connectivity index (χ0v) is 16.0. The highest BCUT2D eigenvalue weighted by Gasteiger charge is 1.98. The molecule has 0 atom stereocenters. The van der Waals surface area contributed by atoms with Crippen LogP contribution in [0.15, 0.2) is 118 Å². The third-order valence-corrected chi connectivity index (χ3v) is 4.38. The molecular weight excluding hydrogens is 344 g/mol. The molecule has 0 aliphatic heterocycles. The summed E-state index contributed by atoms with van der Waals surface area (Å²) in [5.74, 6) is 5.43. The third kappa shape index (κ3) is 8.19. The Morgan fingerprint density at radius 2 is 1.11 bits per heavy atom. The second-order valence-electron chi connectivity index (χ2n) is 5.79. The molecular formula is C26H22S. The number of hydrogen-bond acceptors (Lipinski definition) is 1. The molecule has 0 unspecified atom stereocenters. The van der Waals surface area contributed by atoms with Crippen molar-refractivity contribution in [2.45, 2.75) is 12.8 Å². The highest BCUT2D eigenvalue weighted by Crippen LogP contribution is 2.16. The number of hydrogen-bond donors (Lipinski definition) is 0. The standard InChI is InChI=1S/C26H22S/c1-3-23-13-5-7-15-25(21-23)17-9-11-19-27-20-12-10-18-26-16-8-6-14-24(4-2)22-26/h1-2,5-20H,21-22H2/b17-9+,18-10+,19-11+,20-12+. The van der Waals surface area contributed by atoms with E-state index >= 15 is 0 Å². The van der Waals surface area contributed by atoms with E-state index in [1.54, 1.807) is 11.8 Å². The first-order valence-electron chi connectivity index (χ1n) is 8.70. The molecule has 0 nitrogen and oxygen atoms in total. The van der Waals surface area contributed by atoms with Crippen LogP contribution in [-0.4, -0.2) is 0 Å². The molecule has 0 aromatic heterocycles. The van der Waals surface area contributed by atoms with E-state index in [9.17, 15) is 0 Å². The Hall–Kier alpha value is -3.13. The number of terminal acetylenes is 2. The molecule has 2 aliphatic carbocycles. The molecule has 27 heavy (non-hydrogen) atoms. The lowest BCUT2D eigenvalue weighted by molar-refractivity contribution is 1.23. The monoisotopic (exact) mass is 366 g/mol. The van der Waals surface area contributed by atoms with Crippen molar-refractivity contribution in [1.82, 2.24) is 0 Å². The van der Waals surface area contributed by atoms with Gasteiger partial charge in [-0.05, 0) is 22.0 Å². The third-order valence-electron chi connectivity index (χ3n) is 3.75. The highest BCUT2D eigenvalue weighted by atomic mass is 32.2. The van der Waals surface area contributed by atoms with E-state index in [4.69, 9.17) is 12.8 Å². The van der Waals surface area contributed by atoms with Crippen molar-refractivity contribution >= 4 is 11.8 Å². The summed E-state index contributed by atoms with van der Waals surface area (Å²) >= 11 is 1.63. The molecule has 0 heterocycles. The van der Waals surface area contributed by atoms with Crippen molar-refractivity contribution in [2.24, 2.45) is 0 Å². The Kier molecular flexibility index (Phi) is 9.17. The second-order valence-corrected chi connectivity index (χ2v) is 6.61. The van der Waals surface area contributed by atoms with E-state index in [-0.39, 0.29) is 0 Å². The van der Waals surface area contributed by atoms with E-state index in [2.05, 4.69) is 36.1 Å². The van der Waals surface area contributed by atoms with Crippen molar-refractivity contribution in [1.29, 1.82) is 0 Å². The SMILES string of the molecule is C#CC1=CC=CC=C(/C=C/C=C/S/C=C/C=C/C2=CC=CC=C(C#C)C2)C1. The molecule has 0 radical (unpaired) electrons. The van der Waals surface area contributed by atoms with Gasteiger partial charge in [-0.1, -0.05) is 96.9 Å². The van der Waals surface area contributed by atoms with Gasteiger partial charge in [0.1, 0.15) is 0 Å². The topological polar surface area (TPSA) is 0 Å². The first-order chi connectivity index (χ1) is 13.3. The summed E-state index contributed by atoms with van der Waals surface area (Å²) in [6, 6.07) is 0. The van der Waals surface area contributed by atoms with Crippen LogP contribution in [0.2, 0.25) is 0 Å². The Morgan fingerprint density at radius 1 is 0.667 bits per heavy atom. The Labute approximate surface area is 167 Å². The maximum Gasteiger partial charge on any atom is 0.00614 e. The van der Waals surface area contributed by atoms with Gasteiger partial charge in [0.2, 0.25) is 0 Å². The lowest BCUT2D eigenvalue weighted by atomic mass is 10.1. The van der Waals surface area contributed by atoms with Crippen molar-refractivity contribution < 1.29 is 0 Å². The predicted octanol–water partition coefficient (Wildman–Crippen LogP) is 6.75. The maximum absolute atomic E-state index is 5.49. The van der Waals surface area contributed by atoms with Crippen molar-refractivity contribution in [2.75, 3.05) is 0 Å². The van der Waals surface area contributed by atoms with E-state index in [1.165, 1.54) is 11.1 Å². The smallest absolute Gasteiger partial charge is 0.00614 e. The van der Waals surface area contributed by atoms with Crippen LogP contribution in [0.5, 0.6) is 0 Å². The summed E-state index contributed by atoms with van der Waals surface area (Å²) in [4.78, 5) is 0. The average molecular weight is 367 g/mol. The molecule has 0 spiro atoms. The van der Waals surface area contributed by atoms with Crippen LogP contribution in [-0.2, 0) is 0 Å². The first-order valence-corrected chi connectivity index (χ1v) is 9.64. The van der Waals surface area contributed by atoms with Gasteiger partial charge in [-0.25, -0.2) is 0 Å². The highest BCUT2D eigenvalue weighted by molar-refractivity contribution is 8.04. The fraction of sp³-hybridized carbons (Fsp3) is 0.0769. The maximum atomic E-state index is 5.49. The van der Waals surface area contributed by atoms with Crippen molar-refractivity contribution in [3.63, 3.8) is 0 Å². The van der Waals surface area contributed by atoms with Crippen LogP contribution in [0.3, 0.4) is 0 Å². The van der Waals surface area contributed by atoms with E-state index < -0.39 is 0 Å². The van der Waals surface area contributed by atoms with Gasteiger partial charge < -0.3 is 0 Å².